The molecule has 1 aliphatic heterocycles. The van der Waals surface area contributed by atoms with Gasteiger partial charge in [-0.15, -0.1) is 5.10 Å². The van der Waals surface area contributed by atoms with Crippen molar-refractivity contribution in [3.63, 3.8) is 0 Å². The lowest BCUT2D eigenvalue weighted by Gasteiger charge is -2.16. The molecule has 1 aromatic carbocycles. The van der Waals surface area contributed by atoms with E-state index in [2.05, 4.69) is 11.4 Å². The summed E-state index contributed by atoms with van der Waals surface area (Å²) in [6.45, 7) is 2.84. The monoisotopic (exact) mass is 500 g/mol. The number of nitrogens with zero attached hydrogens (tertiary/aromatic N) is 7. The third-order valence-corrected chi connectivity index (χ3v) is 7.91. The molecule has 34 heavy (non-hydrogen) atoms. The number of thiazole rings is 1. The van der Waals surface area contributed by atoms with Crippen molar-refractivity contribution < 1.29 is 8.78 Å². The van der Waals surface area contributed by atoms with Crippen LogP contribution in [0.5, 0.6) is 0 Å². The average molecular weight is 501 g/mol. The molecule has 4 aromatic rings. The molecule has 8 nitrogen and oxygen atoms in total. The third-order valence-electron chi connectivity index (χ3n) is 5.90. The Labute approximate surface area is 203 Å². The number of benzene rings is 1. The van der Waals surface area contributed by atoms with E-state index in [0.717, 1.165) is 11.5 Å². The number of nitriles is 1. The Hall–Kier alpha value is -3.14. The first-order valence-corrected chi connectivity index (χ1v) is 12.4. The molecule has 1 saturated heterocycles. The van der Waals surface area contributed by atoms with E-state index in [1.165, 1.54) is 34.8 Å². The maximum absolute atomic E-state index is 14.3. The maximum Gasteiger partial charge on any atom is 0.216 e. The number of aromatic nitrogens is 4. The SMILES string of the molecule is CCc1nc2sc(N3C[C@@H](F)[C@@H](NC)C3)nn2c1N(C)c1nc(-c2ccc(F)cc2)c(C#N)s1. The Bertz CT molecular complexity index is 1370. The zero-order valence-electron chi connectivity index (χ0n) is 18.8. The van der Waals surface area contributed by atoms with Crippen molar-refractivity contribution >= 4 is 43.7 Å². The van der Waals surface area contributed by atoms with Crippen LogP contribution in [-0.4, -0.2) is 59.0 Å². The highest BCUT2D eigenvalue weighted by molar-refractivity contribution is 7.20. The minimum atomic E-state index is -0.959. The summed E-state index contributed by atoms with van der Waals surface area (Å²) >= 11 is 2.68. The molecule has 3 aromatic heterocycles. The maximum atomic E-state index is 14.3. The number of likely N-dealkylation sites (N-methyl/N-ethyl adjacent to an activating group) is 1. The van der Waals surface area contributed by atoms with Crippen molar-refractivity contribution in [1.29, 1.82) is 5.26 Å². The van der Waals surface area contributed by atoms with Gasteiger partial charge in [0.2, 0.25) is 10.1 Å². The van der Waals surface area contributed by atoms with Crippen LogP contribution in [0.2, 0.25) is 0 Å². The molecule has 1 N–H and O–H groups in total. The topological polar surface area (TPSA) is 85.4 Å². The van der Waals surface area contributed by atoms with Gasteiger partial charge in [-0.1, -0.05) is 29.6 Å². The standard InChI is InChI=1S/C22H22F2N8S2/c1-4-15-19(32-21(27-15)34-22(29-32)31-10-14(24)16(11-31)26-2)30(3)20-28-18(17(9-25)33-20)12-5-7-13(23)8-6-12/h5-8,14,16,26H,4,10-11H2,1-3H3/t14-,16+/m1/s1. The van der Waals surface area contributed by atoms with Crippen molar-refractivity contribution in [2.75, 3.05) is 37.0 Å². The summed E-state index contributed by atoms with van der Waals surface area (Å²) in [5.41, 5.74) is 2.03. The van der Waals surface area contributed by atoms with Crippen LogP contribution in [0.3, 0.4) is 0 Å². The van der Waals surface area contributed by atoms with Gasteiger partial charge >= 0.3 is 0 Å². The summed E-state index contributed by atoms with van der Waals surface area (Å²) in [6.07, 6.45) is -0.274. The predicted molar refractivity (Wildman–Crippen MR) is 130 cm³/mol. The number of alkyl halides is 1. The van der Waals surface area contributed by atoms with E-state index in [-0.39, 0.29) is 18.4 Å². The van der Waals surface area contributed by atoms with Crippen LogP contribution in [0, 0.1) is 17.1 Å². The summed E-state index contributed by atoms with van der Waals surface area (Å²) in [6, 6.07) is 7.91. The molecule has 1 aliphatic rings. The first kappa shape index (κ1) is 22.6. The lowest BCUT2D eigenvalue weighted by Crippen LogP contribution is -2.34. The highest BCUT2D eigenvalue weighted by Gasteiger charge is 2.34. The molecule has 0 aliphatic carbocycles. The number of hydrogen-bond donors (Lipinski definition) is 1. The first-order chi connectivity index (χ1) is 16.4. The molecule has 5 rings (SSSR count). The van der Waals surface area contributed by atoms with Gasteiger partial charge in [-0.2, -0.15) is 9.78 Å². The van der Waals surface area contributed by atoms with E-state index in [1.54, 1.807) is 23.7 Å². The van der Waals surface area contributed by atoms with E-state index in [9.17, 15) is 14.0 Å². The van der Waals surface area contributed by atoms with Gasteiger partial charge in [0.1, 0.15) is 28.6 Å². The Morgan fingerprint density at radius 1 is 1.24 bits per heavy atom. The fourth-order valence-corrected chi connectivity index (χ4v) is 5.87. The molecule has 0 amide bonds. The molecule has 0 bridgehead atoms. The zero-order chi connectivity index (χ0) is 24.0. The minimum Gasteiger partial charge on any atom is -0.342 e. The molecule has 0 saturated carbocycles. The second-order valence-corrected chi connectivity index (χ2v) is 9.89. The van der Waals surface area contributed by atoms with Gasteiger partial charge in [0.05, 0.1) is 18.3 Å². The summed E-state index contributed by atoms with van der Waals surface area (Å²) in [7, 11) is 3.63. The number of nitrogens with one attached hydrogen (secondary N) is 1. The fourth-order valence-electron chi connectivity index (χ4n) is 4.08. The lowest BCUT2D eigenvalue weighted by molar-refractivity contribution is 0.310. The Morgan fingerprint density at radius 3 is 2.65 bits per heavy atom. The Morgan fingerprint density at radius 2 is 2.00 bits per heavy atom. The van der Waals surface area contributed by atoms with Gasteiger partial charge in [-0.3, -0.25) is 0 Å². The molecule has 4 heterocycles. The molecule has 1 fully saturated rings. The second kappa shape index (κ2) is 8.90. The Balaban J connectivity index is 1.53. The number of rotatable bonds is 6. The van der Waals surface area contributed by atoms with Crippen LogP contribution in [0.25, 0.3) is 16.2 Å². The molecule has 0 spiro atoms. The van der Waals surface area contributed by atoms with Crippen LogP contribution in [0.1, 0.15) is 17.5 Å². The zero-order valence-corrected chi connectivity index (χ0v) is 20.4. The summed E-state index contributed by atoms with van der Waals surface area (Å²) in [4.78, 5) is 14.4. The summed E-state index contributed by atoms with van der Waals surface area (Å²) in [5, 5.41) is 18.8. The number of anilines is 3. The molecular formula is C22H22F2N8S2. The molecule has 176 valence electrons. The van der Waals surface area contributed by atoms with E-state index < -0.39 is 6.17 Å². The van der Waals surface area contributed by atoms with Gasteiger partial charge < -0.3 is 15.1 Å². The van der Waals surface area contributed by atoms with Crippen molar-refractivity contribution in [2.24, 2.45) is 0 Å². The van der Waals surface area contributed by atoms with Crippen molar-refractivity contribution in [3.05, 3.63) is 40.7 Å². The smallest absolute Gasteiger partial charge is 0.216 e. The highest BCUT2D eigenvalue weighted by atomic mass is 32.1. The largest absolute Gasteiger partial charge is 0.342 e. The van der Waals surface area contributed by atoms with Crippen LogP contribution in [-0.2, 0) is 6.42 Å². The number of imidazole rings is 1. The summed E-state index contributed by atoms with van der Waals surface area (Å²) < 4.78 is 29.4. The Kier molecular flexibility index (Phi) is 5.93. The molecule has 0 unspecified atom stereocenters. The van der Waals surface area contributed by atoms with Crippen LogP contribution in [0.15, 0.2) is 24.3 Å². The molecule has 2 atom stereocenters. The van der Waals surface area contributed by atoms with E-state index >= 15 is 0 Å². The fraction of sp³-hybridized carbons (Fsp3) is 0.364. The number of aryl methyl sites for hydroxylation is 1. The van der Waals surface area contributed by atoms with Crippen LogP contribution >= 0.6 is 22.7 Å². The molecule has 12 heteroatoms. The number of halogens is 2. The van der Waals surface area contributed by atoms with Crippen LogP contribution < -0.4 is 15.1 Å². The van der Waals surface area contributed by atoms with Gasteiger partial charge in [0, 0.05) is 19.2 Å². The van der Waals surface area contributed by atoms with E-state index in [4.69, 9.17) is 15.1 Å². The van der Waals surface area contributed by atoms with Crippen molar-refractivity contribution in [2.45, 2.75) is 25.6 Å². The highest BCUT2D eigenvalue weighted by Crippen LogP contribution is 2.38. The first-order valence-electron chi connectivity index (χ1n) is 10.8. The minimum absolute atomic E-state index is 0.228. The molecule has 0 radical (unpaired) electrons. The van der Waals surface area contributed by atoms with Crippen molar-refractivity contribution in [3.8, 4) is 17.3 Å². The van der Waals surface area contributed by atoms with Crippen LogP contribution in [0.4, 0.5) is 24.9 Å². The van der Waals surface area contributed by atoms with Gasteiger partial charge in [0.25, 0.3) is 0 Å². The number of hydrogen-bond acceptors (Lipinski definition) is 9. The third kappa shape index (κ3) is 3.79. The summed E-state index contributed by atoms with van der Waals surface area (Å²) in [5.74, 6) is 0.409. The lowest BCUT2D eigenvalue weighted by atomic mass is 10.1. The molecular weight excluding hydrogens is 478 g/mol. The van der Waals surface area contributed by atoms with E-state index in [1.807, 2.05) is 23.8 Å². The normalized spacial score (nSPS) is 18.1. The van der Waals surface area contributed by atoms with E-state index in [0.29, 0.717) is 44.3 Å². The average Bonchev–Trinajstić information content (AvgIpc) is 3.59. The van der Waals surface area contributed by atoms with Gasteiger partial charge in [-0.25, -0.2) is 18.7 Å². The number of fused-ring (bicyclic) bond motifs is 1. The van der Waals surface area contributed by atoms with Gasteiger partial charge in [-0.05, 0) is 37.7 Å². The van der Waals surface area contributed by atoms with Gasteiger partial charge in [0.15, 0.2) is 10.9 Å². The second-order valence-electron chi connectivity index (χ2n) is 7.98. The van der Waals surface area contributed by atoms with Crippen molar-refractivity contribution in [1.82, 2.24) is 24.9 Å². The quantitative estimate of drug-likeness (QED) is 0.428. The predicted octanol–water partition coefficient (Wildman–Crippen LogP) is 4.00.